The lowest BCUT2D eigenvalue weighted by Gasteiger charge is -2.30. The van der Waals surface area contributed by atoms with Crippen LogP contribution in [0, 0.1) is 13.8 Å². The zero-order valence-corrected chi connectivity index (χ0v) is 13.5. The Balaban J connectivity index is 2.26. The van der Waals surface area contributed by atoms with Crippen LogP contribution in [0.4, 0.5) is 0 Å². The molecule has 0 bridgehead atoms. The molecule has 2 heterocycles. The second-order valence-electron chi connectivity index (χ2n) is 5.99. The molecule has 0 atom stereocenters. The summed E-state index contributed by atoms with van der Waals surface area (Å²) in [5, 5.41) is 1.05. The van der Waals surface area contributed by atoms with Gasteiger partial charge in [0.2, 0.25) is 0 Å². The van der Waals surface area contributed by atoms with Crippen LogP contribution in [0.5, 0.6) is 0 Å². The number of nitrogens with zero attached hydrogens (tertiary/aromatic N) is 2. The minimum atomic E-state index is -3.30. The molecule has 5 heteroatoms. The van der Waals surface area contributed by atoms with Crippen molar-refractivity contribution in [1.82, 2.24) is 15.0 Å². The average molecular weight is 301 g/mol. The van der Waals surface area contributed by atoms with E-state index in [9.17, 15) is 4.21 Å². The quantitative estimate of drug-likeness (QED) is 0.791. The highest BCUT2D eigenvalue weighted by Gasteiger charge is 2.35. The van der Waals surface area contributed by atoms with Gasteiger partial charge in [-0.25, -0.2) is 9.97 Å². The summed E-state index contributed by atoms with van der Waals surface area (Å²) in [6.07, 6.45) is 5.10. The Morgan fingerprint density at radius 2 is 1.81 bits per heavy atom. The lowest BCUT2D eigenvalue weighted by molar-refractivity contribution is 0.653. The van der Waals surface area contributed by atoms with Crippen molar-refractivity contribution < 1.29 is 4.21 Å². The third kappa shape index (κ3) is 2.17. The topological polar surface area (TPSA) is 58.6 Å². The third-order valence-corrected chi connectivity index (χ3v) is 6.66. The molecule has 1 aromatic carbocycles. The number of fused-ring (bicyclic) bond motifs is 1. The maximum Gasteiger partial charge on any atom is 0.180 e. The molecule has 0 fully saturated rings. The highest BCUT2D eigenvalue weighted by Crippen LogP contribution is 2.36. The number of hydrogen-bond donors (Lipinski definition) is 1. The molecule has 0 amide bonds. The number of H-pyrrole nitrogens is 1. The summed E-state index contributed by atoms with van der Waals surface area (Å²) in [7, 11) is -3.30. The van der Waals surface area contributed by atoms with Gasteiger partial charge in [0.1, 0.15) is 5.03 Å². The van der Waals surface area contributed by atoms with Gasteiger partial charge in [-0.3, -0.25) is 4.21 Å². The van der Waals surface area contributed by atoms with Gasteiger partial charge in [0.15, 0.2) is 5.16 Å². The molecule has 4 nitrogen and oxygen atoms in total. The Hall–Kier alpha value is -2.01. The maximum atomic E-state index is 13.6. The van der Waals surface area contributed by atoms with E-state index in [0.29, 0.717) is 10.2 Å². The predicted molar refractivity (Wildman–Crippen MR) is 86.3 cm³/mol. The molecule has 1 N–H and O–H groups in total. The Morgan fingerprint density at radius 3 is 2.48 bits per heavy atom. The Bertz CT molecular complexity index is 852. The molecule has 0 unspecified atom stereocenters. The number of hydrogen-bond acceptors (Lipinski definition) is 3. The summed E-state index contributed by atoms with van der Waals surface area (Å²) in [6.45, 7) is 4.11. The van der Waals surface area contributed by atoms with E-state index in [4.69, 9.17) is 0 Å². The van der Waals surface area contributed by atoms with Crippen LogP contribution in [0.3, 0.4) is 0 Å². The molecule has 2 aromatic heterocycles. The molecular formula is C16H19N3OS. The molecule has 3 rings (SSSR count). The Morgan fingerprint density at radius 1 is 1.10 bits per heavy atom. The first kappa shape index (κ1) is 13.9. The summed E-state index contributed by atoms with van der Waals surface area (Å²) in [5.74, 6) is 0. The minimum Gasteiger partial charge on any atom is -0.332 e. The van der Waals surface area contributed by atoms with E-state index in [0.717, 1.165) is 11.0 Å². The molecule has 0 aliphatic heterocycles. The molecule has 0 aliphatic rings. The molecule has 0 saturated carbocycles. The lowest BCUT2D eigenvalue weighted by Crippen LogP contribution is -2.32. The first-order valence-corrected chi connectivity index (χ1v) is 9.55. The van der Waals surface area contributed by atoms with Gasteiger partial charge in [-0.2, -0.15) is 0 Å². The van der Waals surface area contributed by atoms with Crippen LogP contribution in [-0.4, -0.2) is 31.7 Å². The highest BCUT2D eigenvalue weighted by molar-refractivity contribution is 8.18. The van der Waals surface area contributed by atoms with Crippen molar-refractivity contribution in [2.45, 2.75) is 24.0 Å². The fourth-order valence-electron chi connectivity index (χ4n) is 2.32. The number of aromatic amines is 1. The monoisotopic (exact) mass is 301 g/mol. The first-order valence-electron chi connectivity index (χ1n) is 6.76. The van der Waals surface area contributed by atoms with E-state index in [1.165, 1.54) is 11.1 Å². The van der Waals surface area contributed by atoms with Crippen molar-refractivity contribution in [3.8, 4) is 0 Å². The SMILES string of the molecule is Cc1cc2nc(S(C)(C)(=O)c3ccccn3)[nH]c2cc1C. The largest absolute Gasteiger partial charge is 0.332 e. The molecule has 0 spiro atoms. The van der Waals surface area contributed by atoms with Gasteiger partial charge < -0.3 is 4.98 Å². The standard InChI is InChI=1S/C16H19N3OS/c1-11-9-13-14(10-12(11)2)19-16(18-13)21(3,4,20)15-7-5-6-8-17-15/h5-10H,1-4H3,(H,18,19). The highest BCUT2D eigenvalue weighted by atomic mass is 32.3. The van der Waals surface area contributed by atoms with Gasteiger partial charge in [-0.1, -0.05) is 6.07 Å². The number of benzene rings is 1. The molecule has 0 aliphatic carbocycles. The van der Waals surface area contributed by atoms with Gasteiger partial charge in [-0.15, -0.1) is 0 Å². The van der Waals surface area contributed by atoms with Gasteiger partial charge in [0.05, 0.1) is 11.0 Å². The summed E-state index contributed by atoms with van der Waals surface area (Å²) in [5.41, 5.74) is 4.11. The van der Waals surface area contributed by atoms with Crippen molar-refractivity contribution in [2.24, 2.45) is 0 Å². The number of pyridine rings is 1. The molecule has 0 saturated heterocycles. The number of aromatic nitrogens is 3. The number of aryl methyl sites for hydroxylation is 2. The normalized spacial score (nSPS) is 14.0. The van der Waals surface area contributed by atoms with Gasteiger partial charge in [-0.05, 0) is 58.3 Å². The van der Waals surface area contributed by atoms with Gasteiger partial charge in [0.25, 0.3) is 0 Å². The van der Waals surface area contributed by atoms with Crippen molar-refractivity contribution in [3.63, 3.8) is 0 Å². The summed E-state index contributed by atoms with van der Waals surface area (Å²) >= 11 is 0. The maximum absolute atomic E-state index is 13.6. The van der Waals surface area contributed by atoms with Gasteiger partial charge >= 0.3 is 0 Å². The molecule has 3 aromatic rings. The number of imidazole rings is 1. The van der Waals surface area contributed by atoms with Crippen LogP contribution in [-0.2, 0) is 9.07 Å². The van der Waals surface area contributed by atoms with E-state index < -0.39 is 9.07 Å². The van der Waals surface area contributed by atoms with Gasteiger partial charge in [0, 0.05) is 18.7 Å². The van der Waals surface area contributed by atoms with E-state index in [1.54, 1.807) is 24.8 Å². The fraction of sp³-hybridized carbons (Fsp3) is 0.250. The minimum absolute atomic E-state index is 0.491. The number of rotatable bonds is 2. The number of nitrogens with one attached hydrogen (secondary N) is 1. The van der Waals surface area contributed by atoms with E-state index in [2.05, 4.69) is 28.8 Å². The van der Waals surface area contributed by atoms with E-state index >= 15 is 0 Å². The van der Waals surface area contributed by atoms with Crippen LogP contribution in [0.25, 0.3) is 11.0 Å². The molecule has 110 valence electrons. The summed E-state index contributed by atoms with van der Waals surface area (Å²) in [4.78, 5) is 12.1. The summed E-state index contributed by atoms with van der Waals surface area (Å²) < 4.78 is 13.6. The fourth-order valence-corrected chi connectivity index (χ4v) is 4.14. The smallest absolute Gasteiger partial charge is 0.180 e. The Labute approximate surface area is 124 Å². The van der Waals surface area contributed by atoms with Crippen LogP contribution < -0.4 is 0 Å². The van der Waals surface area contributed by atoms with E-state index in [-0.39, 0.29) is 0 Å². The van der Waals surface area contributed by atoms with Crippen molar-refractivity contribution in [1.29, 1.82) is 0 Å². The van der Waals surface area contributed by atoms with Crippen LogP contribution >= 0.6 is 0 Å². The average Bonchev–Trinajstić information content (AvgIpc) is 2.84. The zero-order chi connectivity index (χ0) is 15.3. The van der Waals surface area contributed by atoms with E-state index in [1.807, 2.05) is 24.3 Å². The molecule has 21 heavy (non-hydrogen) atoms. The van der Waals surface area contributed by atoms with Crippen molar-refractivity contribution in [3.05, 3.63) is 47.7 Å². The second-order valence-corrected chi connectivity index (χ2v) is 10.4. The predicted octanol–water partition coefficient (Wildman–Crippen LogP) is 3.07. The van der Waals surface area contributed by atoms with Crippen LogP contribution in [0.1, 0.15) is 11.1 Å². The lowest BCUT2D eigenvalue weighted by atomic mass is 10.1. The molecular weight excluding hydrogens is 282 g/mol. The van der Waals surface area contributed by atoms with Crippen molar-refractivity contribution >= 4 is 20.1 Å². The summed E-state index contributed by atoms with van der Waals surface area (Å²) in [6, 6.07) is 9.52. The van der Waals surface area contributed by atoms with Crippen LogP contribution in [0.15, 0.2) is 46.7 Å². The third-order valence-electron chi connectivity index (χ3n) is 3.88. The second kappa shape index (κ2) is 4.24. The van der Waals surface area contributed by atoms with Crippen LogP contribution in [0.2, 0.25) is 0 Å². The molecule has 0 radical (unpaired) electrons. The zero-order valence-electron chi connectivity index (χ0n) is 12.7. The Kier molecular flexibility index (Phi) is 2.82. The first-order chi connectivity index (χ1) is 9.76. The van der Waals surface area contributed by atoms with Crippen molar-refractivity contribution in [2.75, 3.05) is 12.5 Å².